The van der Waals surface area contributed by atoms with Crippen LogP contribution in [-0.4, -0.2) is 23.0 Å². The third kappa shape index (κ3) is 4.38. The summed E-state index contributed by atoms with van der Waals surface area (Å²) in [5.41, 5.74) is 3.12. The van der Waals surface area contributed by atoms with Gasteiger partial charge >= 0.3 is 0 Å². The molecule has 0 saturated heterocycles. The number of amides is 1. The lowest BCUT2D eigenvalue weighted by Crippen LogP contribution is -2.14. The van der Waals surface area contributed by atoms with Crippen molar-refractivity contribution >= 4 is 23.1 Å². The maximum atomic E-state index is 12.4. The Labute approximate surface area is 156 Å². The molecule has 1 amide bonds. The van der Waals surface area contributed by atoms with Gasteiger partial charge in [0, 0.05) is 11.8 Å². The molecule has 0 aliphatic carbocycles. The lowest BCUT2D eigenvalue weighted by molar-refractivity contribution is 0.102. The highest BCUT2D eigenvalue weighted by molar-refractivity contribution is 6.03. The minimum atomic E-state index is -0.374. The number of aromatic nitrogens is 2. The summed E-state index contributed by atoms with van der Waals surface area (Å²) in [4.78, 5) is 20.6. The van der Waals surface area contributed by atoms with E-state index in [9.17, 15) is 4.79 Å². The number of nitrogens with one attached hydrogen (secondary N) is 2. The number of anilines is 3. The third-order valence-corrected chi connectivity index (χ3v) is 3.79. The van der Waals surface area contributed by atoms with Gasteiger partial charge < -0.3 is 15.4 Å². The average molecular weight is 359 g/mol. The van der Waals surface area contributed by atoms with Crippen molar-refractivity contribution in [2.45, 2.75) is 6.92 Å². The van der Waals surface area contributed by atoms with Crippen LogP contribution in [0.2, 0.25) is 0 Å². The summed E-state index contributed by atoms with van der Waals surface area (Å²) in [6.07, 6.45) is 1.32. The van der Waals surface area contributed by atoms with Gasteiger partial charge in [-0.25, -0.2) is 9.97 Å². The second-order valence-electron chi connectivity index (χ2n) is 5.76. The number of carbonyl (C=O) groups is 1. The average Bonchev–Trinajstić information content (AvgIpc) is 2.69. The van der Waals surface area contributed by atoms with Gasteiger partial charge in [0.15, 0.2) is 0 Å². The monoisotopic (exact) mass is 359 g/mol. The highest BCUT2D eigenvalue weighted by Gasteiger charge is 2.11. The van der Waals surface area contributed by atoms with Crippen molar-refractivity contribution in [3.63, 3.8) is 0 Å². The first-order valence-electron chi connectivity index (χ1n) is 8.14. The summed E-state index contributed by atoms with van der Waals surface area (Å²) in [6.45, 7) is 1.97. The van der Waals surface area contributed by atoms with Crippen molar-refractivity contribution in [1.82, 2.24) is 9.97 Å². The lowest BCUT2D eigenvalue weighted by Gasteiger charge is -2.12. The minimum absolute atomic E-state index is 0.212. The fourth-order valence-corrected chi connectivity index (χ4v) is 2.43. The molecular weight excluding hydrogens is 342 g/mol. The molecule has 0 radical (unpaired) electrons. The summed E-state index contributed by atoms with van der Waals surface area (Å²) in [7, 11) is 1.59. The van der Waals surface area contributed by atoms with Crippen molar-refractivity contribution in [3.8, 4) is 11.8 Å². The lowest BCUT2D eigenvalue weighted by atomic mass is 10.2. The van der Waals surface area contributed by atoms with Gasteiger partial charge in [-0.15, -0.1) is 0 Å². The number of hydrogen-bond acceptors (Lipinski definition) is 6. The molecule has 0 aliphatic rings. The van der Waals surface area contributed by atoms with Crippen LogP contribution in [-0.2, 0) is 0 Å². The second kappa shape index (κ2) is 7.97. The summed E-state index contributed by atoms with van der Waals surface area (Å²) in [6, 6.07) is 15.9. The summed E-state index contributed by atoms with van der Waals surface area (Å²) < 4.78 is 5.34. The molecule has 0 aliphatic heterocycles. The number of rotatable bonds is 5. The van der Waals surface area contributed by atoms with Crippen LogP contribution < -0.4 is 15.4 Å². The molecule has 1 aromatic heterocycles. The predicted molar refractivity (Wildman–Crippen MR) is 102 cm³/mol. The molecule has 2 N–H and O–H groups in total. The molecule has 3 aromatic rings. The van der Waals surface area contributed by atoms with E-state index in [1.807, 2.05) is 31.2 Å². The normalized spacial score (nSPS) is 9.96. The van der Waals surface area contributed by atoms with E-state index in [-0.39, 0.29) is 11.6 Å². The van der Waals surface area contributed by atoms with Gasteiger partial charge in [-0.3, -0.25) is 4.79 Å². The molecule has 0 fully saturated rings. The molecule has 1 heterocycles. The summed E-state index contributed by atoms with van der Waals surface area (Å²) in [5, 5.41) is 14.7. The maximum Gasteiger partial charge on any atom is 0.274 e. The maximum absolute atomic E-state index is 12.4. The van der Waals surface area contributed by atoms with Crippen molar-refractivity contribution < 1.29 is 9.53 Å². The Morgan fingerprint density at radius 2 is 1.89 bits per heavy atom. The second-order valence-corrected chi connectivity index (χ2v) is 5.76. The van der Waals surface area contributed by atoms with E-state index in [0.717, 1.165) is 11.3 Å². The number of carbonyl (C=O) groups excluding carboxylic acids is 1. The van der Waals surface area contributed by atoms with Crippen molar-refractivity contribution in [2.24, 2.45) is 0 Å². The number of aryl methyl sites for hydroxylation is 1. The zero-order chi connectivity index (χ0) is 19.2. The largest absolute Gasteiger partial charge is 0.495 e. The number of methoxy groups -OCH3 is 1. The molecule has 27 heavy (non-hydrogen) atoms. The van der Waals surface area contributed by atoms with Gasteiger partial charge in [0.25, 0.3) is 5.91 Å². The van der Waals surface area contributed by atoms with E-state index >= 15 is 0 Å². The SMILES string of the molecule is COc1ccc(C)cc1Nc1cc(C(=O)Nc2ccc(C#N)cc2)ncn1. The third-order valence-electron chi connectivity index (χ3n) is 3.79. The van der Waals surface area contributed by atoms with E-state index < -0.39 is 0 Å². The van der Waals surface area contributed by atoms with E-state index in [1.54, 1.807) is 37.4 Å². The van der Waals surface area contributed by atoms with Crippen LogP contribution in [0.4, 0.5) is 17.2 Å². The Bertz CT molecular complexity index is 1010. The van der Waals surface area contributed by atoms with Crippen LogP contribution >= 0.6 is 0 Å². The quantitative estimate of drug-likeness (QED) is 0.721. The molecule has 0 spiro atoms. The summed E-state index contributed by atoms with van der Waals surface area (Å²) in [5.74, 6) is 0.767. The van der Waals surface area contributed by atoms with E-state index in [1.165, 1.54) is 6.33 Å². The first-order chi connectivity index (χ1) is 13.1. The predicted octanol–water partition coefficient (Wildman–Crippen LogP) is 3.66. The van der Waals surface area contributed by atoms with Crippen molar-refractivity contribution in [1.29, 1.82) is 5.26 Å². The van der Waals surface area contributed by atoms with Gasteiger partial charge in [0.1, 0.15) is 23.6 Å². The highest BCUT2D eigenvalue weighted by atomic mass is 16.5. The zero-order valence-corrected chi connectivity index (χ0v) is 14.9. The van der Waals surface area contributed by atoms with Crippen LogP contribution in [0.15, 0.2) is 54.9 Å². The summed E-state index contributed by atoms with van der Waals surface area (Å²) >= 11 is 0. The Morgan fingerprint density at radius 1 is 1.11 bits per heavy atom. The number of nitrogens with zero attached hydrogens (tertiary/aromatic N) is 3. The molecule has 7 heteroatoms. The number of hydrogen-bond donors (Lipinski definition) is 2. The Kier molecular flexibility index (Phi) is 5.28. The van der Waals surface area contributed by atoms with Crippen LogP contribution in [0.1, 0.15) is 21.6 Å². The molecule has 0 atom stereocenters. The Balaban J connectivity index is 1.77. The van der Waals surface area contributed by atoms with Gasteiger partial charge in [-0.05, 0) is 48.9 Å². The molecule has 0 bridgehead atoms. The first kappa shape index (κ1) is 17.9. The van der Waals surface area contributed by atoms with Crippen LogP contribution in [0.25, 0.3) is 0 Å². The van der Waals surface area contributed by atoms with Crippen molar-refractivity contribution in [3.05, 3.63) is 71.7 Å². The van der Waals surface area contributed by atoms with Crippen molar-refractivity contribution in [2.75, 3.05) is 17.7 Å². The number of ether oxygens (including phenoxy) is 1. The molecule has 0 saturated carbocycles. The van der Waals surface area contributed by atoms with Crippen LogP contribution in [0.5, 0.6) is 5.75 Å². The van der Waals surface area contributed by atoms with E-state index in [0.29, 0.717) is 22.8 Å². The minimum Gasteiger partial charge on any atom is -0.495 e. The smallest absolute Gasteiger partial charge is 0.274 e. The van der Waals surface area contributed by atoms with Gasteiger partial charge in [-0.1, -0.05) is 6.07 Å². The standard InChI is InChI=1S/C20H17N5O2/c1-13-3-8-18(27-2)16(9-13)25-19-10-17(22-12-23-19)20(26)24-15-6-4-14(11-21)5-7-15/h3-10,12H,1-2H3,(H,24,26)(H,22,23,25). The zero-order valence-electron chi connectivity index (χ0n) is 14.9. The van der Waals surface area contributed by atoms with Gasteiger partial charge in [0.05, 0.1) is 24.4 Å². The van der Waals surface area contributed by atoms with Gasteiger partial charge in [0.2, 0.25) is 0 Å². The van der Waals surface area contributed by atoms with Crippen LogP contribution in [0, 0.1) is 18.3 Å². The molecule has 134 valence electrons. The Hall–Kier alpha value is -3.92. The topological polar surface area (TPSA) is 99.9 Å². The number of nitriles is 1. The van der Waals surface area contributed by atoms with Gasteiger partial charge in [-0.2, -0.15) is 5.26 Å². The number of benzene rings is 2. The fourth-order valence-electron chi connectivity index (χ4n) is 2.43. The fraction of sp³-hybridized carbons (Fsp3) is 0.100. The molecule has 7 nitrogen and oxygen atoms in total. The molecule has 2 aromatic carbocycles. The molecule has 0 unspecified atom stereocenters. The van der Waals surface area contributed by atoms with Crippen LogP contribution in [0.3, 0.4) is 0 Å². The van der Waals surface area contributed by atoms with E-state index in [2.05, 4.69) is 20.6 Å². The first-order valence-corrected chi connectivity index (χ1v) is 8.14. The molecule has 3 rings (SSSR count). The highest BCUT2D eigenvalue weighted by Crippen LogP contribution is 2.27. The Morgan fingerprint density at radius 3 is 2.59 bits per heavy atom. The van der Waals surface area contributed by atoms with E-state index in [4.69, 9.17) is 10.00 Å². The molecular formula is C20H17N5O2.